The van der Waals surface area contributed by atoms with E-state index in [0.717, 1.165) is 5.71 Å². The van der Waals surface area contributed by atoms with Crippen LogP contribution in [0, 0.1) is 5.92 Å². The first-order valence-corrected chi connectivity index (χ1v) is 2.53. The Balaban J connectivity index is 2.37. The fourth-order valence-corrected chi connectivity index (χ4v) is 0.583. The molecule has 1 rings (SSSR count). The predicted octanol–water partition coefficient (Wildman–Crippen LogP) is 1.25. The van der Waals surface area contributed by atoms with Crippen LogP contribution in [0.5, 0.6) is 0 Å². The summed E-state index contributed by atoms with van der Waals surface area (Å²) in [5, 5.41) is 11.2. The van der Waals surface area contributed by atoms with Gasteiger partial charge in [0.15, 0.2) is 0 Å². The van der Waals surface area contributed by atoms with Gasteiger partial charge in [0.1, 0.15) is 0 Å². The molecule has 1 saturated carbocycles. The minimum Gasteiger partial charge on any atom is -0.411 e. The molecule has 0 heterocycles. The van der Waals surface area contributed by atoms with E-state index in [2.05, 4.69) is 5.16 Å². The number of hydrogen-bond acceptors (Lipinski definition) is 2. The van der Waals surface area contributed by atoms with Crippen LogP contribution in [-0.4, -0.2) is 10.9 Å². The Morgan fingerprint density at radius 1 is 1.71 bits per heavy atom. The molecule has 0 aromatic carbocycles. The van der Waals surface area contributed by atoms with E-state index in [0.29, 0.717) is 5.92 Å². The van der Waals surface area contributed by atoms with Crippen molar-refractivity contribution in [1.82, 2.24) is 0 Å². The van der Waals surface area contributed by atoms with Crippen molar-refractivity contribution in [3.8, 4) is 0 Å². The lowest BCUT2D eigenvalue weighted by atomic mass is 10.3. The summed E-state index contributed by atoms with van der Waals surface area (Å²) in [6.07, 6.45) is 2.44. The third kappa shape index (κ3) is 0.918. The van der Waals surface area contributed by atoms with Gasteiger partial charge in [-0.05, 0) is 19.8 Å². The van der Waals surface area contributed by atoms with E-state index in [1.807, 2.05) is 6.92 Å². The average Bonchev–Trinajstić information content (AvgIpc) is 2.44. The van der Waals surface area contributed by atoms with Crippen molar-refractivity contribution in [3.63, 3.8) is 0 Å². The van der Waals surface area contributed by atoms with Crippen LogP contribution in [-0.2, 0) is 0 Å². The minimum absolute atomic E-state index is 0.616. The van der Waals surface area contributed by atoms with E-state index in [1.54, 1.807) is 0 Å². The normalized spacial score (nSPS) is 22.7. The number of oxime groups is 1. The summed E-state index contributed by atoms with van der Waals surface area (Å²) in [5.41, 5.74) is 0.889. The van der Waals surface area contributed by atoms with Crippen LogP contribution in [0.3, 0.4) is 0 Å². The van der Waals surface area contributed by atoms with Gasteiger partial charge in [-0.15, -0.1) is 0 Å². The Morgan fingerprint density at radius 3 is 2.43 bits per heavy atom. The average molecular weight is 99.1 g/mol. The molecule has 0 aromatic heterocycles. The molecule has 40 valence electrons. The number of rotatable bonds is 1. The predicted molar refractivity (Wildman–Crippen MR) is 27.6 cm³/mol. The lowest BCUT2D eigenvalue weighted by molar-refractivity contribution is 0.317. The van der Waals surface area contributed by atoms with Crippen molar-refractivity contribution in [2.75, 3.05) is 0 Å². The fraction of sp³-hybridized carbons (Fsp3) is 0.800. The highest BCUT2D eigenvalue weighted by molar-refractivity contribution is 5.85. The Kier molecular flexibility index (Phi) is 1.01. The van der Waals surface area contributed by atoms with E-state index in [4.69, 9.17) is 5.21 Å². The Labute approximate surface area is 42.8 Å². The molecule has 0 saturated heterocycles. The van der Waals surface area contributed by atoms with Gasteiger partial charge in [-0.2, -0.15) is 0 Å². The summed E-state index contributed by atoms with van der Waals surface area (Å²) < 4.78 is 0. The minimum atomic E-state index is 0.616. The van der Waals surface area contributed by atoms with Crippen LogP contribution in [0.2, 0.25) is 0 Å². The van der Waals surface area contributed by atoms with Gasteiger partial charge in [0, 0.05) is 5.92 Å². The summed E-state index contributed by atoms with van der Waals surface area (Å²) in [7, 11) is 0. The van der Waals surface area contributed by atoms with Crippen molar-refractivity contribution in [1.29, 1.82) is 0 Å². The zero-order chi connectivity index (χ0) is 5.28. The summed E-state index contributed by atoms with van der Waals surface area (Å²) in [6, 6.07) is 0. The monoisotopic (exact) mass is 99.1 g/mol. The van der Waals surface area contributed by atoms with Crippen LogP contribution in [0.1, 0.15) is 19.8 Å². The molecule has 1 aliphatic carbocycles. The first kappa shape index (κ1) is 4.62. The fourth-order valence-electron chi connectivity index (χ4n) is 0.583. The van der Waals surface area contributed by atoms with Gasteiger partial charge < -0.3 is 5.21 Å². The van der Waals surface area contributed by atoms with E-state index < -0.39 is 0 Å². The maximum Gasteiger partial charge on any atom is 0.0570 e. The molecule has 0 spiro atoms. The van der Waals surface area contributed by atoms with Crippen molar-refractivity contribution in [2.24, 2.45) is 11.1 Å². The van der Waals surface area contributed by atoms with E-state index in [1.165, 1.54) is 12.8 Å². The molecule has 0 unspecified atom stereocenters. The van der Waals surface area contributed by atoms with Crippen molar-refractivity contribution in [3.05, 3.63) is 0 Å². The van der Waals surface area contributed by atoms with Crippen LogP contribution in [0.4, 0.5) is 0 Å². The topological polar surface area (TPSA) is 32.6 Å². The van der Waals surface area contributed by atoms with Gasteiger partial charge in [-0.1, -0.05) is 5.16 Å². The van der Waals surface area contributed by atoms with Crippen molar-refractivity contribution >= 4 is 5.71 Å². The van der Waals surface area contributed by atoms with E-state index in [-0.39, 0.29) is 0 Å². The van der Waals surface area contributed by atoms with Gasteiger partial charge in [0.25, 0.3) is 0 Å². The molecule has 0 atom stereocenters. The van der Waals surface area contributed by atoms with Crippen molar-refractivity contribution < 1.29 is 5.21 Å². The highest BCUT2D eigenvalue weighted by atomic mass is 16.4. The maximum absolute atomic E-state index is 8.13. The molecule has 0 amide bonds. The Bertz CT molecular complexity index is 94.3. The second-order valence-electron chi connectivity index (χ2n) is 2.02. The van der Waals surface area contributed by atoms with Crippen molar-refractivity contribution in [2.45, 2.75) is 19.8 Å². The van der Waals surface area contributed by atoms with Gasteiger partial charge >= 0.3 is 0 Å². The molecule has 0 bridgehead atoms. The SMILES string of the molecule is C/C(=N\O)C1CC1. The van der Waals surface area contributed by atoms with Gasteiger partial charge in [0.2, 0.25) is 0 Å². The molecular formula is C5H9NO. The first-order chi connectivity index (χ1) is 3.34. The van der Waals surface area contributed by atoms with E-state index in [9.17, 15) is 0 Å². The maximum atomic E-state index is 8.13. The molecule has 7 heavy (non-hydrogen) atoms. The standard InChI is InChI=1S/C5H9NO/c1-4(6-7)5-2-3-5/h5,7H,2-3H2,1H3/b6-4+. The summed E-state index contributed by atoms with van der Waals surface area (Å²) in [5.74, 6) is 0.616. The molecule has 1 aliphatic rings. The smallest absolute Gasteiger partial charge is 0.0570 e. The molecule has 1 fully saturated rings. The molecule has 0 aromatic rings. The number of hydrogen-bond donors (Lipinski definition) is 1. The molecular weight excluding hydrogens is 90.1 g/mol. The van der Waals surface area contributed by atoms with Gasteiger partial charge in [-0.3, -0.25) is 0 Å². The quantitative estimate of drug-likeness (QED) is 0.299. The Morgan fingerprint density at radius 2 is 2.29 bits per heavy atom. The molecule has 1 N–H and O–H groups in total. The lowest BCUT2D eigenvalue weighted by Gasteiger charge is -1.85. The van der Waals surface area contributed by atoms with Crippen LogP contribution in [0.15, 0.2) is 5.16 Å². The third-order valence-corrected chi connectivity index (χ3v) is 1.33. The van der Waals surface area contributed by atoms with Crippen LogP contribution >= 0.6 is 0 Å². The third-order valence-electron chi connectivity index (χ3n) is 1.33. The zero-order valence-electron chi connectivity index (χ0n) is 4.39. The first-order valence-electron chi connectivity index (χ1n) is 2.53. The Hall–Kier alpha value is -0.530. The second kappa shape index (κ2) is 1.52. The largest absolute Gasteiger partial charge is 0.411 e. The van der Waals surface area contributed by atoms with Gasteiger partial charge in [-0.25, -0.2) is 0 Å². The van der Waals surface area contributed by atoms with Crippen LogP contribution in [0.25, 0.3) is 0 Å². The van der Waals surface area contributed by atoms with Crippen LogP contribution < -0.4 is 0 Å². The second-order valence-corrected chi connectivity index (χ2v) is 2.02. The summed E-state index contributed by atoms with van der Waals surface area (Å²) in [6.45, 7) is 1.86. The number of nitrogens with zero attached hydrogens (tertiary/aromatic N) is 1. The lowest BCUT2D eigenvalue weighted by Crippen LogP contribution is -1.90. The van der Waals surface area contributed by atoms with Gasteiger partial charge in [0.05, 0.1) is 5.71 Å². The molecule has 0 radical (unpaired) electrons. The summed E-state index contributed by atoms with van der Waals surface area (Å²) >= 11 is 0. The zero-order valence-corrected chi connectivity index (χ0v) is 4.39. The van der Waals surface area contributed by atoms with E-state index >= 15 is 0 Å². The highest BCUT2D eigenvalue weighted by Crippen LogP contribution is 2.29. The summed E-state index contributed by atoms with van der Waals surface area (Å²) in [4.78, 5) is 0. The highest BCUT2D eigenvalue weighted by Gasteiger charge is 2.24. The molecule has 2 nitrogen and oxygen atoms in total. The molecule has 2 heteroatoms. The molecule has 0 aliphatic heterocycles.